The molecule has 0 aliphatic heterocycles. The fourth-order valence-electron chi connectivity index (χ4n) is 1.07. The van der Waals surface area contributed by atoms with Crippen molar-refractivity contribution in [1.29, 1.82) is 0 Å². The van der Waals surface area contributed by atoms with Gasteiger partial charge in [0.25, 0.3) is 0 Å². The Kier molecular flexibility index (Phi) is 3.04. The topological polar surface area (TPSA) is 46.5 Å². The van der Waals surface area contributed by atoms with E-state index >= 15 is 0 Å². The van der Waals surface area contributed by atoms with Crippen molar-refractivity contribution in [2.24, 2.45) is 5.92 Å². The first-order chi connectivity index (χ1) is 6.32. The Hall–Kier alpha value is -0.780. The molecule has 0 amide bonds. The van der Waals surface area contributed by atoms with Crippen LogP contribution in [0.15, 0.2) is 0 Å². The van der Waals surface area contributed by atoms with Crippen LogP contribution in [-0.4, -0.2) is 29.5 Å². The summed E-state index contributed by atoms with van der Waals surface area (Å²) in [5.74, 6) is -1.57. The number of halogens is 3. The van der Waals surface area contributed by atoms with Crippen molar-refractivity contribution in [3.05, 3.63) is 0 Å². The number of ether oxygens (including phenoxy) is 1. The molecule has 6 heteroatoms. The SMILES string of the molecule is CC(OC(C(=O)O)C1CC1)C(F)(F)F. The summed E-state index contributed by atoms with van der Waals surface area (Å²) in [5.41, 5.74) is 0. The van der Waals surface area contributed by atoms with Crippen LogP contribution in [0.25, 0.3) is 0 Å². The molecular formula is C8H11F3O3. The number of carboxylic acid groups (broad SMARTS) is 1. The van der Waals surface area contributed by atoms with E-state index in [0.29, 0.717) is 12.8 Å². The molecule has 0 spiro atoms. The maximum absolute atomic E-state index is 12.0. The third-order valence-electron chi connectivity index (χ3n) is 2.11. The normalized spacial score (nSPS) is 21.7. The lowest BCUT2D eigenvalue weighted by Crippen LogP contribution is -2.37. The maximum atomic E-state index is 12.0. The molecule has 1 aliphatic carbocycles. The Morgan fingerprint density at radius 3 is 2.29 bits per heavy atom. The summed E-state index contributed by atoms with van der Waals surface area (Å²) in [5, 5.41) is 8.61. The molecule has 1 aliphatic rings. The average molecular weight is 212 g/mol. The lowest BCUT2D eigenvalue weighted by Gasteiger charge is -2.20. The molecule has 1 saturated carbocycles. The standard InChI is InChI=1S/C8H11F3O3/c1-4(8(9,10)11)14-6(7(12)13)5-2-3-5/h4-6H,2-3H2,1H3,(H,12,13). The third kappa shape index (κ3) is 2.87. The predicted octanol–water partition coefficient (Wildman–Crippen LogP) is 1.82. The quantitative estimate of drug-likeness (QED) is 0.773. The molecule has 1 N–H and O–H groups in total. The van der Waals surface area contributed by atoms with Crippen LogP contribution in [0.4, 0.5) is 13.2 Å². The highest BCUT2D eigenvalue weighted by atomic mass is 19.4. The molecule has 3 nitrogen and oxygen atoms in total. The van der Waals surface area contributed by atoms with Crippen LogP contribution < -0.4 is 0 Å². The second-order valence-electron chi connectivity index (χ2n) is 3.42. The largest absolute Gasteiger partial charge is 0.479 e. The summed E-state index contributed by atoms with van der Waals surface area (Å²) in [6.07, 6.45) is -6.58. The van der Waals surface area contributed by atoms with Gasteiger partial charge in [-0.2, -0.15) is 13.2 Å². The first-order valence-corrected chi connectivity index (χ1v) is 4.27. The molecule has 2 atom stereocenters. The van der Waals surface area contributed by atoms with E-state index in [2.05, 4.69) is 4.74 Å². The molecule has 0 saturated heterocycles. The second-order valence-corrected chi connectivity index (χ2v) is 3.42. The zero-order valence-corrected chi connectivity index (χ0v) is 7.54. The van der Waals surface area contributed by atoms with E-state index in [-0.39, 0.29) is 5.92 Å². The summed E-state index contributed by atoms with van der Waals surface area (Å²) in [6, 6.07) is 0. The maximum Gasteiger partial charge on any atom is 0.414 e. The summed E-state index contributed by atoms with van der Waals surface area (Å²) in [7, 11) is 0. The van der Waals surface area contributed by atoms with Crippen molar-refractivity contribution in [2.75, 3.05) is 0 Å². The number of alkyl halides is 3. The van der Waals surface area contributed by atoms with Gasteiger partial charge >= 0.3 is 12.1 Å². The van der Waals surface area contributed by atoms with Crippen molar-refractivity contribution in [2.45, 2.75) is 38.1 Å². The number of carboxylic acids is 1. The lowest BCUT2D eigenvalue weighted by molar-refractivity contribution is -0.230. The second kappa shape index (κ2) is 3.76. The number of hydrogen-bond donors (Lipinski definition) is 1. The van der Waals surface area contributed by atoms with Gasteiger partial charge in [-0.25, -0.2) is 4.79 Å². The Balaban J connectivity index is 2.51. The Labute approximate surface area is 78.9 Å². The summed E-state index contributed by atoms with van der Waals surface area (Å²) >= 11 is 0. The molecule has 0 aromatic carbocycles. The van der Waals surface area contributed by atoms with Gasteiger partial charge in [-0.15, -0.1) is 0 Å². The fourth-order valence-corrected chi connectivity index (χ4v) is 1.07. The molecule has 0 aromatic heterocycles. The fraction of sp³-hybridized carbons (Fsp3) is 0.875. The van der Waals surface area contributed by atoms with E-state index in [9.17, 15) is 18.0 Å². The van der Waals surface area contributed by atoms with Crippen LogP contribution in [0.3, 0.4) is 0 Å². The third-order valence-corrected chi connectivity index (χ3v) is 2.11. The molecule has 0 bridgehead atoms. The van der Waals surface area contributed by atoms with Gasteiger partial charge in [0.05, 0.1) is 0 Å². The van der Waals surface area contributed by atoms with Crippen LogP contribution in [0, 0.1) is 5.92 Å². The van der Waals surface area contributed by atoms with Gasteiger partial charge in [0.15, 0.2) is 12.2 Å². The predicted molar refractivity (Wildman–Crippen MR) is 40.7 cm³/mol. The van der Waals surface area contributed by atoms with Crippen molar-refractivity contribution in [3.63, 3.8) is 0 Å². The molecule has 14 heavy (non-hydrogen) atoms. The molecular weight excluding hydrogens is 201 g/mol. The van der Waals surface area contributed by atoms with Crippen LogP contribution in [0.1, 0.15) is 19.8 Å². The van der Waals surface area contributed by atoms with E-state index in [4.69, 9.17) is 5.11 Å². The highest BCUT2D eigenvalue weighted by Gasteiger charge is 2.44. The van der Waals surface area contributed by atoms with Crippen molar-refractivity contribution in [3.8, 4) is 0 Å². The van der Waals surface area contributed by atoms with Crippen molar-refractivity contribution >= 4 is 5.97 Å². The van der Waals surface area contributed by atoms with E-state index in [1.54, 1.807) is 0 Å². The molecule has 2 unspecified atom stereocenters. The minimum absolute atomic E-state index is 0.252. The van der Waals surface area contributed by atoms with E-state index in [1.807, 2.05) is 0 Å². The number of rotatable bonds is 4. The number of hydrogen-bond acceptors (Lipinski definition) is 2. The van der Waals surface area contributed by atoms with Crippen LogP contribution >= 0.6 is 0 Å². The minimum atomic E-state index is -4.50. The minimum Gasteiger partial charge on any atom is -0.479 e. The first kappa shape index (κ1) is 11.3. The Morgan fingerprint density at radius 1 is 1.50 bits per heavy atom. The first-order valence-electron chi connectivity index (χ1n) is 4.27. The zero-order valence-electron chi connectivity index (χ0n) is 7.54. The monoisotopic (exact) mass is 212 g/mol. The van der Waals surface area contributed by atoms with E-state index < -0.39 is 24.4 Å². The van der Waals surface area contributed by atoms with Crippen LogP contribution in [-0.2, 0) is 9.53 Å². The van der Waals surface area contributed by atoms with Gasteiger partial charge in [0.2, 0.25) is 0 Å². The van der Waals surface area contributed by atoms with Crippen LogP contribution in [0.5, 0.6) is 0 Å². The average Bonchev–Trinajstić information content (AvgIpc) is 2.79. The Morgan fingerprint density at radius 2 is 2.00 bits per heavy atom. The molecule has 0 heterocycles. The lowest BCUT2D eigenvalue weighted by atomic mass is 10.2. The zero-order chi connectivity index (χ0) is 10.9. The van der Waals surface area contributed by atoms with Gasteiger partial charge in [-0.1, -0.05) is 0 Å². The molecule has 82 valence electrons. The summed E-state index contributed by atoms with van der Waals surface area (Å²) in [6.45, 7) is 0.818. The molecule has 1 fully saturated rings. The Bertz CT molecular complexity index is 222. The summed E-state index contributed by atoms with van der Waals surface area (Å²) < 4.78 is 40.6. The van der Waals surface area contributed by atoms with Gasteiger partial charge in [0.1, 0.15) is 0 Å². The van der Waals surface area contributed by atoms with Gasteiger partial charge < -0.3 is 9.84 Å². The highest BCUT2D eigenvalue weighted by molar-refractivity contribution is 5.73. The summed E-state index contributed by atoms with van der Waals surface area (Å²) in [4.78, 5) is 10.6. The van der Waals surface area contributed by atoms with Crippen molar-refractivity contribution < 1.29 is 27.8 Å². The van der Waals surface area contributed by atoms with E-state index in [1.165, 1.54) is 0 Å². The highest BCUT2D eigenvalue weighted by Crippen LogP contribution is 2.36. The molecule has 0 aromatic rings. The molecule has 0 radical (unpaired) electrons. The van der Waals surface area contributed by atoms with Gasteiger partial charge in [0, 0.05) is 0 Å². The number of carbonyl (C=O) groups is 1. The van der Waals surface area contributed by atoms with Gasteiger partial charge in [-0.05, 0) is 25.7 Å². The smallest absolute Gasteiger partial charge is 0.414 e. The van der Waals surface area contributed by atoms with Crippen LogP contribution in [0.2, 0.25) is 0 Å². The van der Waals surface area contributed by atoms with Gasteiger partial charge in [-0.3, -0.25) is 0 Å². The molecule has 1 rings (SSSR count). The number of aliphatic carboxylic acids is 1. The van der Waals surface area contributed by atoms with E-state index in [0.717, 1.165) is 6.92 Å². The van der Waals surface area contributed by atoms with Crippen molar-refractivity contribution in [1.82, 2.24) is 0 Å².